The highest BCUT2D eigenvalue weighted by atomic mass is 32.1. The van der Waals surface area contributed by atoms with E-state index in [2.05, 4.69) is 46.9 Å². The Morgan fingerprint density at radius 2 is 1.64 bits per heavy atom. The van der Waals surface area contributed by atoms with E-state index < -0.39 is 0 Å². The third-order valence-electron chi connectivity index (χ3n) is 4.89. The van der Waals surface area contributed by atoms with Crippen molar-refractivity contribution in [2.24, 2.45) is 0 Å². The molecule has 3 aromatic carbocycles. The van der Waals surface area contributed by atoms with Crippen molar-refractivity contribution in [1.29, 1.82) is 0 Å². The van der Waals surface area contributed by atoms with Crippen LogP contribution >= 0.6 is 11.3 Å². The zero-order valence-electron chi connectivity index (χ0n) is 17.9. The molecule has 0 radical (unpaired) electrons. The molecule has 0 saturated carbocycles. The number of aromatic hydroxyl groups is 1. The number of benzene rings is 3. The second kappa shape index (κ2) is 11.2. The molecule has 0 aliphatic carbocycles. The molecule has 0 atom stereocenters. The second-order valence-corrected chi connectivity index (χ2v) is 8.31. The van der Waals surface area contributed by atoms with E-state index in [-0.39, 0.29) is 10.8 Å². The fourth-order valence-electron chi connectivity index (χ4n) is 3.22. The van der Waals surface area contributed by atoms with Crippen molar-refractivity contribution in [1.82, 2.24) is 10.5 Å². The summed E-state index contributed by atoms with van der Waals surface area (Å²) < 4.78 is 5.67. The number of ether oxygens (including phenoxy) is 1. The van der Waals surface area contributed by atoms with Gasteiger partial charge < -0.3 is 9.84 Å². The van der Waals surface area contributed by atoms with E-state index in [4.69, 9.17) is 9.57 Å². The maximum atomic E-state index is 11.3. The van der Waals surface area contributed by atoms with Crippen molar-refractivity contribution in [2.45, 2.75) is 6.42 Å². The Morgan fingerprint density at radius 3 is 2.33 bits per heavy atom. The van der Waals surface area contributed by atoms with E-state index in [0.29, 0.717) is 24.5 Å². The number of hydrogen-bond acceptors (Lipinski definition) is 6. The summed E-state index contributed by atoms with van der Waals surface area (Å²) in [5, 5.41) is 9.68. The molecule has 0 unspecified atom stereocenters. The summed E-state index contributed by atoms with van der Waals surface area (Å²) in [5.41, 5.74) is 7.23. The highest BCUT2D eigenvalue weighted by Crippen LogP contribution is 2.22. The van der Waals surface area contributed by atoms with Crippen LogP contribution in [0.3, 0.4) is 0 Å². The van der Waals surface area contributed by atoms with Gasteiger partial charge in [-0.3, -0.25) is 20.1 Å². The molecule has 0 fully saturated rings. The molecular weight excluding hydrogens is 436 g/mol. The van der Waals surface area contributed by atoms with E-state index >= 15 is 0 Å². The molecule has 0 aliphatic heterocycles. The predicted molar refractivity (Wildman–Crippen MR) is 131 cm³/mol. The summed E-state index contributed by atoms with van der Waals surface area (Å²) in [5.74, 6) is 0.663. The monoisotopic (exact) mass is 460 g/mol. The first-order chi connectivity index (χ1) is 16.2. The lowest BCUT2D eigenvalue weighted by molar-refractivity contribution is 0.0484. The summed E-state index contributed by atoms with van der Waals surface area (Å²) in [6, 6.07) is 26.1. The topological polar surface area (TPSA) is 83.6 Å². The lowest BCUT2D eigenvalue weighted by Gasteiger charge is -2.07. The van der Waals surface area contributed by atoms with Crippen LogP contribution < -0.4 is 15.1 Å². The minimum Gasteiger partial charge on any atom is -0.494 e. The summed E-state index contributed by atoms with van der Waals surface area (Å²) in [6.07, 6.45) is 4.17. The number of aromatic amines is 1. The summed E-state index contributed by atoms with van der Waals surface area (Å²) >= 11 is 1.01. The van der Waals surface area contributed by atoms with E-state index in [0.717, 1.165) is 28.2 Å². The van der Waals surface area contributed by atoms with Gasteiger partial charge in [0.1, 0.15) is 19.0 Å². The molecule has 0 bridgehead atoms. The van der Waals surface area contributed by atoms with Gasteiger partial charge in [0.25, 0.3) is 0 Å². The predicted octanol–water partition coefficient (Wildman–Crippen LogP) is 4.97. The van der Waals surface area contributed by atoms with Gasteiger partial charge in [-0.05, 0) is 40.5 Å². The number of H-pyrrole nitrogens is 1. The lowest BCUT2D eigenvalue weighted by atomic mass is 10.0. The number of nitrogens with one attached hydrogen (secondary N) is 2. The number of thiazole rings is 1. The van der Waals surface area contributed by atoms with Crippen LogP contribution in [0, 0.1) is 0 Å². The quantitative estimate of drug-likeness (QED) is 0.230. The van der Waals surface area contributed by atoms with Crippen LogP contribution in [-0.4, -0.2) is 23.3 Å². The molecule has 168 valence electrons. The zero-order valence-corrected chi connectivity index (χ0v) is 18.7. The van der Waals surface area contributed by atoms with Gasteiger partial charge in [0.05, 0.1) is 4.88 Å². The Hall–Kier alpha value is -3.81. The van der Waals surface area contributed by atoms with Crippen molar-refractivity contribution >= 4 is 17.4 Å². The van der Waals surface area contributed by atoms with E-state index in [1.165, 1.54) is 11.1 Å². The van der Waals surface area contributed by atoms with Crippen LogP contribution in [0.5, 0.6) is 11.6 Å². The van der Waals surface area contributed by atoms with Gasteiger partial charge in [-0.15, -0.1) is 0 Å². The smallest absolute Gasteiger partial charge is 0.307 e. The van der Waals surface area contributed by atoms with Gasteiger partial charge >= 0.3 is 4.87 Å². The molecular formula is C26H24N2O4S. The Bertz CT molecular complexity index is 1230. The number of rotatable bonds is 10. The highest BCUT2D eigenvalue weighted by molar-refractivity contribution is 7.09. The zero-order chi connectivity index (χ0) is 22.9. The van der Waals surface area contributed by atoms with Crippen molar-refractivity contribution in [3.63, 3.8) is 0 Å². The molecule has 0 amide bonds. The van der Waals surface area contributed by atoms with Crippen LogP contribution in [0.15, 0.2) is 89.9 Å². The van der Waals surface area contributed by atoms with Crippen LogP contribution in [0.2, 0.25) is 0 Å². The molecule has 1 aromatic heterocycles. The molecule has 1 heterocycles. The number of hydrogen-bond donors (Lipinski definition) is 3. The molecule has 7 heteroatoms. The maximum absolute atomic E-state index is 11.3. The molecule has 3 N–H and O–H groups in total. The van der Waals surface area contributed by atoms with Gasteiger partial charge in [0.2, 0.25) is 5.88 Å². The lowest BCUT2D eigenvalue weighted by Crippen LogP contribution is -2.13. The van der Waals surface area contributed by atoms with E-state index in [9.17, 15) is 9.90 Å². The highest BCUT2D eigenvalue weighted by Gasteiger charge is 2.07. The number of aromatic nitrogens is 1. The Morgan fingerprint density at radius 1 is 0.909 bits per heavy atom. The Labute approximate surface area is 195 Å². The third kappa shape index (κ3) is 6.58. The largest absolute Gasteiger partial charge is 0.494 e. The minimum absolute atomic E-state index is 0.0618. The van der Waals surface area contributed by atoms with Crippen LogP contribution in [0.4, 0.5) is 0 Å². The molecule has 0 saturated heterocycles. The van der Waals surface area contributed by atoms with Gasteiger partial charge in [0, 0.05) is 12.6 Å². The molecule has 4 aromatic rings. The minimum atomic E-state index is -0.258. The molecule has 33 heavy (non-hydrogen) atoms. The van der Waals surface area contributed by atoms with Gasteiger partial charge in [0.15, 0.2) is 0 Å². The van der Waals surface area contributed by atoms with Crippen molar-refractivity contribution < 1.29 is 14.7 Å². The molecule has 6 nitrogen and oxygen atoms in total. The van der Waals surface area contributed by atoms with Crippen molar-refractivity contribution in [3.05, 3.63) is 111 Å². The third-order valence-corrected chi connectivity index (χ3v) is 5.76. The molecule has 0 aliphatic rings. The van der Waals surface area contributed by atoms with Crippen LogP contribution in [0.1, 0.15) is 16.0 Å². The normalized spacial score (nSPS) is 11.0. The summed E-state index contributed by atoms with van der Waals surface area (Å²) in [7, 11) is 0. The van der Waals surface area contributed by atoms with Crippen LogP contribution in [0.25, 0.3) is 17.2 Å². The standard InChI is InChI=1S/C26H24N2O4S/c29-25-24(33-26(30)28-25)18-20-8-12-23(13-9-20)31-16-17-32-27-15-14-19-6-10-22(11-7-19)21-4-2-1-3-5-21/h1-15,27,29H,16-18H2,(H,28,30). The number of hydroxylamine groups is 1. The van der Waals surface area contributed by atoms with E-state index in [1.807, 2.05) is 48.5 Å². The molecule has 4 rings (SSSR count). The fraction of sp³-hybridized carbons (Fsp3) is 0.115. The average molecular weight is 461 g/mol. The summed E-state index contributed by atoms with van der Waals surface area (Å²) in [6.45, 7) is 0.774. The van der Waals surface area contributed by atoms with Gasteiger partial charge in [-0.25, -0.2) is 0 Å². The molecule has 0 spiro atoms. The fourth-order valence-corrected chi connectivity index (χ4v) is 3.97. The van der Waals surface area contributed by atoms with Crippen molar-refractivity contribution in [3.8, 4) is 22.8 Å². The van der Waals surface area contributed by atoms with Gasteiger partial charge in [-0.1, -0.05) is 78.1 Å². The first-order valence-corrected chi connectivity index (χ1v) is 11.3. The Balaban J connectivity index is 1.14. The van der Waals surface area contributed by atoms with Crippen LogP contribution in [-0.2, 0) is 11.3 Å². The summed E-state index contributed by atoms with van der Waals surface area (Å²) in [4.78, 5) is 19.4. The second-order valence-electron chi connectivity index (χ2n) is 7.24. The van der Waals surface area contributed by atoms with Gasteiger partial charge in [-0.2, -0.15) is 0 Å². The Kier molecular flexibility index (Phi) is 7.58. The van der Waals surface area contributed by atoms with Crippen molar-refractivity contribution in [2.75, 3.05) is 13.2 Å². The van der Waals surface area contributed by atoms with E-state index in [1.54, 1.807) is 6.20 Å². The first-order valence-electron chi connectivity index (χ1n) is 10.5. The first kappa shape index (κ1) is 22.4. The maximum Gasteiger partial charge on any atom is 0.307 e. The average Bonchev–Trinajstić information content (AvgIpc) is 3.16. The SMILES string of the molecule is O=c1[nH]c(O)c(Cc2ccc(OCCONC=Cc3ccc(-c4ccccc4)cc3)cc2)s1.